The summed E-state index contributed by atoms with van der Waals surface area (Å²) in [6.07, 6.45) is 0.990. The number of benzene rings is 1. The minimum Gasteiger partial charge on any atom is -0.468 e. The number of hydrogen-bond donors (Lipinski definition) is 0. The van der Waals surface area contributed by atoms with Crippen LogP contribution in [-0.2, 0) is 30.9 Å². The van der Waals surface area contributed by atoms with Crippen molar-refractivity contribution in [2.75, 3.05) is 20.2 Å². The number of non-ortho nitro benzene ring substituents is 1. The van der Waals surface area contributed by atoms with Gasteiger partial charge in [0.15, 0.2) is 4.80 Å². The van der Waals surface area contributed by atoms with E-state index in [9.17, 15) is 28.1 Å². The number of piperidine rings is 1. The van der Waals surface area contributed by atoms with Gasteiger partial charge in [0.2, 0.25) is 0 Å². The lowest BCUT2D eigenvalue weighted by Gasteiger charge is -2.29. The molecule has 1 unspecified atom stereocenters. The minimum atomic E-state index is -3.69. The van der Waals surface area contributed by atoms with E-state index in [1.165, 1.54) is 40.2 Å². The van der Waals surface area contributed by atoms with Crippen LogP contribution in [0.2, 0.25) is 0 Å². The van der Waals surface area contributed by atoms with Gasteiger partial charge < -0.3 is 9.30 Å². The third-order valence-corrected chi connectivity index (χ3v) is 9.70. The molecule has 0 bridgehead atoms. The molecule has 1 atom stereocenters. The van der Waals surface area contributed by atoms with Crippen LogP contribution in [0.25, 0.3) is 10.2 Å². The number of hydrogen-bond acceptors (Lipinski definition) is 9. The topological polar surface area (TPSA) is 141 Å². The van der Waals surface area contributed by atoms with E-state index in [1.54, 1.807) is 11.4 Å². The van der Waals surface area contributed by atoms with E-state index in [2.05, 4.69) is 4.99 Å². The molecule has 11 nitrogen and oxygen atoms in total. The molecular weight excluding hydrogens is 504 g/mol. The Balaban J connectivity index is 1.68. The molecule has 0 saturated carbocycles. The number of nitro benzene ring substituents is 1. The van der Waals surface area contributed by atoms with Gasteiger partial charge in [0.05, 0.1) is 28.2 Å². The SMILES string of the molecule is COC(=O)Cn1c(=NC(=O)C2CCCN(S(=O)(=O)c3cccs3)C2)sc2cc([N+](=O)[O-])ccc21. The zero-order chi connectivity index (χ0) is 24.5. The van der Waals surface area contributed by atoms with Crippen LogP contribution in [0.3, 0.4) is 0 Å². The lowest BCUT2D eigenvalue weighted by Crippen LogP contribution is -2.42. The molecule has 1 fully saturated rings. The number of carbonyl (C=O) groups is 2. The molecule has 0 aliphatic carbocycles. The predicted molar refractivity (Wildman–Crippen MR) is 125 cm³/mol. The van der Waals surface area contributed by atoms with Crippen LogP contribution in [0.4, 0.5) is 5.69 Å². The first-order valence-electron chi connectivity index (χ1n) is 10.2. The summed E-state index contributed by atoms with van der Waals surface area (Å²) in [5.74, 6) is -1.72. The molecule has 1 aliphatic heterocycles. The molecule has 3 aromatic rings. The van der Waals surface area contributed by atoms with E-state index in [1.807, 2.05) is 0 Å². The first-order valence-corrected chi connectivity index (χ1v) is 13.3. The van der Waals surface area contributed by atoms with Gasteiger partial charge in [-0.2, -0.15) is 9.30 Å². The average Bonchev–Trinajstić information content (AvgIpc) is 3.48. The maximum Gasteiger partial charge on any atom is 0.325 e. The maximum absolute atomic E-state index is 13.1. The molecule has 1 aromatic carbocycles. The quantitative estimate of drug-likeness (QED) is 0.274. The second kappa shape index (κ2) is 9.74. The molecule has 1 amide bonds. The van der Waals surface area contributed by atoms with Gasteiger partial charge in [0.25, 0.3) is 21.6 Å². The van der Waals surface area contributed by atoms with E-state index in [0.29, 0.717) is 29.6 Å². The molecule has 4 rings (SSSR count). The number of esters is 1. The number of carbonyl (C=O) groups excluding carboxylic acids is 2. The van der Waals surface area contributed by atoms with Crippen molar-refractivity contribution < 1.29 is 27.7 Å². The van der Waals surface area contributed by atoms with Crippen molar-refractivity contribution in [3.05, 3.63) is 50.6 Å². The number of nitrogens with zero attached hydrogens (tertiary/aromatic N) is 4. The summed E-state index contributed by atoms with van der Waals surface area (Å²) in [5.41, 5.74) is 0.372. The minimum absolute atomic E-state index is 0.00986. The van der Waals surface area contributed by atoms with Crippen LogP contribution in [0.1, 0.15) is 12.8 Å². The number of ether oxygens (including phenoxy) is 1. The molecule has 2 aromatic heterocycles. The summed E-state index contributed by atoms with van der Waals surface area (Å²) in [7, 11) is -2.46. The van der Waals surface area contributed by atoms with Gasteiger partial charge in [-0.15, -0.1) is 11.3 Å². The number of sulfonamides is 1. The number of rotatable bonds is 6. The van der Waals surface area contributed by atoms with Gasteiger partial charge in [-0.25, -0.2) is 8.42 Å². The lowest BCUT2D eigenvalue weighted by molar-refractivity contribution is -0.384. The zero-order valence-corrected chi connectivity index (χ0v) is 20.4. The molecule has 0 radical (unpaired) electrons. The van der Waals surface area contributed by atoms with Gasteiger partial charge >= 0.3 is 5.97 Å². The van der Waals surface area contributed by atoms with Crippen LogP contribution >= 0.6 is 22.7 Å². The van der Waals surface area contributed by atoms with Crippen molar-refractivity contribution >= 4 is 60.5 Å². The van der Waals surface area contributed by atoms with Gasteiger partial charge in [-0.3, -0.25) is 19.7 Å². The summed E-state index contributed by atoms with van der Waals surface area (Å²) in [4.78, 5) is 40.0. The zero-order valence-electron chi connectivity index (χ0n) is 17.9. The number of nitro groups is 1. The van der Waals surface area contributed by atoms with Crippen molar-refractivity contribution in [1.82, 2.24) is 8.87 Å². The number of thiazole rings is 1. The highest BCUT2D eigenvalue weighted by atomic mass is 32.2. The molecular formula is C20H20N4O7S3. The highest BCUT2D eigenvalue weighted by molar-refractivity contribution is 7.91. The molecule has 180 valence electrons. The largest absolute Gasteiger partial charge is 0.468 e. The van der Waals surface area contributed by atoms with Gasteiger partial charge in [-0.1, -0.05) is 17.4 Å². The number of thiophene rings is 1. The Labute approximate surface area is 202 Å². The monoisotopic (exact) mass is 524 g/mol. The standard InChI is InChI=1S/C20H20N4O7S3/c1-31-17(25)12-23-15-7-6-14(24(27)28)10-16(15)33-20(23)21-19(26)13-4-2-8-22(11-13)34(29,30)18-5-3-9-32-18/h3,5-7,9-10,13H,2,4,8,11-12H2,1H3. The Hall–Kier alpha value is -2.94. The highest BCUT2D eigenvalue weighted by Crippen LogP contribution is 2.27. The van der Waals surface area contributed by atoms with Crippen molar-refractivity contribution in [2.24, 2.45) is 10.9 Å². The predicted octanol–water partition coefficient (Wildman–Crippen LogP) is 2.37. The van der Waals surface area contributed by atoms with Gasteiger partial charge in [0, 0.05) is 25.2 Å². The number of fused-ring (bicyclic) bond motifs is 1. The molecule has 14 heteroatoms. The molecule has 0 spiro atoms. The maximum atomic E-state index is 13.1. The smallest absolute Gasteiger partial charge is 0.325 e. The summed E-state index contributed by atoms with van der Waals surface area (Å²) in [6.45, 7) is 0.0960. The van der Waals surface area contributed by atoms with Crippen molar-refractivity contribution in [1.29, 1.82) is 0 Å². The summed E-state index contributed by atoms with van der Waals surface area (Å²) >= 11 is 2.16. The van der Waals surface area contributed by atoms with E-state index in [-0.39, 0.29) is 27.8 Å². The normalized spacial score (nSPS) is 17.7. The Bertz CT molecular complexity index is 1420. The van der Waals surface area contributed by atoms with Crippen molar-refractivity contribution in [3.8, 4) is 0 Å². The Morgan fingerprint density at radius 1 is 1.32 bits per heavy atom. The van der Waals surface area contributed by atoms with Crippen LogP contribution in [-0.4, -0.2) is 54.3 Å². The van der Waals surface area contributed by atoms with Crippen LogP contribution in [0.15, 0.2) is 44.9 Å². The summed E-state index contributed by atoms with van der Waals surface area (Å²) in [5, 5.41) is 12.8. The Morgan fingerprint density at radius 2 is 2.12 bits per heavy atom. The lowest BCUT2D eigenvalue weighted by atomic mass is 9.99. The Kier molecular flexibility index (Phi) is 6.93. The van der Waals surface area contributed by atoms with E-state index < -0.39 is 32.7 Å². The first kappa shape index (κ1) is 24.2. The molecule has 1 saturated heterocycles. The second-order valence-corrected chi connectivity index (χ2v) is 11.7. The van der Waals surface area contributed by atoms with E-state index in [4.69, 9.17) is 4.74 Å². The third-order valence-electron chi connectivity index (χ3n) is 5.42. The van der Waals surface area contributed by atoms with Crippen LogP contribution in [0, 0.1) is 16.0 Å². The molecule has 3 heterocycles. The average molecular weight is 525 g/mol. The molecule has 0 N–H and O–H groups in total. The van der Waals surface area contributed by atoms with Gasteiger partial charge in [-0.05, 0) is 30.4 Å². The fourth-order valence-corrected chi connectivity index (χ4v) is 7.43. The number of methoxy groups -OCH3 is 1. The van der Waals surface area contributed by atoms with E-state index >= 15 is 0 Å². The highest BCUT2D eigenvalue weighted by Gasteiger charge is 2.34. The molecule has 34 heavy (non-hydrogen) atoms. The van der Waals surface area contributed by atoms with Crippen LogP contribution in [0.5, 0.6) is 0 Å². The first-order chi connectivity index (χ1) is 16.2. The third kappa shape index (κ3) is 4.80. The second-order valence-electron chi connectivity index (χ2n) is 7.54. The number of aromatic nitrogens is 1. The fourth-order valence-electron chi connectivity index (χ4n) is 3.69. The van der Waals surface area contributed by atoms with Crippen LogP contribution < -0.4 is 4.80 Å². The Morgan fingerprint density at radius 3 is 2.79 bits per heavy atom. The van der Waals surface area contributed by atoms with Crippen molar-refractivity contribution in [2.45, 2.75) is 23.6 Å². The van der Waals surface area contributed by atoms with Crippen molar-refractivity contribution in [3.63, 3.8) is 0 Å². The molecule has 1 aliphatic rings. The van der Waals surface area contributed by atoms with Gasteiger partial charge in [0.1, 0.15) is 10.8 Å². The summed E-state index contributed by atoms with van der Waals surface area (Å²) < 4.78 is 34.0. The number of amides is 1. The fraction of sp³-hybridized carbons (Fsp3) is 0.350. The van der Waals surface area contributed by atoms with E-state index in [0.717, 1.165) is 22.7 Å². The summed E-state index contributed by atoms with van der Waals surface area (Å²) in [6, 6.07) is 7.34.